The van der Waals surface area contributed by atoms with Crippen molar-refractivity contribution in [3.63, 3.8) is 0 Å². The highest BCUT2D eigenvalue weighted by atomic mass is 28.4. The van der Waals surface area contributed by atoms with Crippen LogP contribution in [0.1, 0.15) is 54.4 Å². The molecule has 0 aromatic rings. The van der Waals surface area contributed by atoms with Gasteiger partial charge in [-0.3, -0.25) is 0 Å². The van der Waals surface area contributed by atoms with E-state index in [0.717, 1.165) is 0 Å². The third-order valence-electron chi connectivity index (χ3n) is 3.52. The molecule has 1 nitrogen and oxygen atoms in total. The quantitative estimate of drug-likeness (QED) is 0.575. The van der Waals surface area contributed by atoms with E-state index in [-0.39, 0.29) is 0 Å². The van der Waals surface area contributed by atoms with Gasteiger partial charge in [-0.15, -0.1) is 6.58 Å². The molecule has 0 saturated carbocycles. The van der Waals surface area contributed by atoms with Gasteiger partial charge in [-0.1, -0.05) is 46.2 Å². The fourth-order valence-electron chi connectivity index (χ4n) is 2.21. The molecule has 0 aliphatic carbocycles. The van der Waals surface area contributed by atoms with Gasteiger partial charge in [-0.05, 0) is 24.9 Å². The molecule has 0 rings (SSSR count). The van der Waals surface area contributed by atoms with E-state index in [1.165, 1.54) is 12.8 Å². The highest BCUT2D eigenvalue weighted by molar-refractivity contribution is 6.81. The van der Waals surface area contributed by atoms with Crippen molar-refractivity contribution < 1.29 is 4.43 Å². The summed E-state index contributed by atoms with van der Waals surface area (Å²) in [5, 5.41) is 0. The van der Waals surface area contributed by atoms with E-state index in [1.54, 1.807) is 0 Å². The van der Waals surface area contributed by atoms with Gasteiger partial charge in [0.2, 0.25) is 8.32 Å². The van der Waals surface area contributed by atoms with Crippen molar-refractivity contribution in [3.8, 4) is 0 Å². The molecule has 15 heavy (non-hydrogen) atoms. The summed E-state index contributed by atoms with van der Waals surface area (Å²) in [7, 11) is -1.78. The molecule has 0 aromatic heterocycles. The molecular formula is C13H28OSi. The van der Waals surface area contributed by atoms with Crippen LogP contribution in [-0.2, 0) is 4.43 Å². The molecule has 0 bridgehead atoms. The van der Waals surface area contributed by atoms with Gasteiger partial charge in [-0.2, -0.15) is 0 Å². The molecule has 0 spiro atoms. The van der Waals surface area contributed by atoms with Gasteiger partial charge in [0.1, 0.15) is 0 Å². The van der Waals surface area contributed by atoms with Crippen LogP contribution in [0.5, 0.6) is 0 Å². The Morgan fingerprint density at radius 3 is 1.67 bits per heavy atom. The largest absolute Gasteiger partial charge is 0.410 e. The molecule has 2 atom stereocenters. The monoisotopic (exact) mass is 228 g/mol. The summed E-state index contributed by atoms with van der Waals surface area (Å²) in [4.78, 5) is 0. The highest BCUT2D eigenvalue weighted by Crippen LogP contribution is 2.39. The van der Waals surface area contributed by atoms with E-state index in [9.17, 15) is 0 Å². The van der Waals surface area contributed by atoms with Crippen molar-refractivity contribution in [1.82, 2.24) is 0 Å². The van der Waals surface area contributed by atoms with E-state index in [2.05, 4.69) is 53.8 Å². The first-order valence-electron chi connectivity index (χ1n) is 6.25. The standard InChI is InChI=1S/C13H28OSi/c1-8-12(6)15(10-3,13(7)9-2)14-11(4)5/h10-13H,3,8-9H2,1-2,4-7H3. The van der Waals surface area contributed by atoms with Gasteiger partial charge < -0.3 is 4.43 Å². The first-order chi connectivity index (χ1) is 6.94. The van der Waals surface area contributed by atoms with Crippen LogP contribution in [0.3, 0.4) is 0 Å². The molecule has 0 aromatic carbocycles. The van der Waals surface area contributed by atoms with Crippen LogP contribution in [0.4, 0.5) is 0 Å². The summed E-state index contributed by atoms with van der Waals surface area (Å²) < 4.78 is 6.31. The van der Waals surface area contributed by atoms with E-state index in [0.29, 0.717) is 17.2 Å². The Morgan fingerprint density at radius 2 is 1.47 bits per heavy atom. The lowest BCUT2D eigenvalue weighted by Crippen LogP contribution is -2.46. The van der Waals surface area contributed by atoms with Gasteiger partial charge in [0.15, 0.2) is 0 Å². The van der Waals surface area contributed by atoms with E-state index >= 15 is 0 Å². The fourth-order valence-corrected chi connectivity index (χ4v) is 6.64. The Morgan fingerprint density at radius 1 is 1.07 bits per heavy atom. The molecule has 0 aliphatic heterocycles. The normalized spacial score (nSPS) is 19.7. The number of hydrogen-bond donors (Lipinski definition) is 0. The van der Waals surface area contributed by atoms with Crippen molar-refractivity contribution >= 4 is 8.32 Å². The number of hydrogen-bond acceptors (Lipinski definition) is 1. The minimum Gasteiger partial charge on any atom is -0.410 e. The Hall–Kier alpha value is -0.0831. The van der Waals surface area contributed by atoms with Crippen LogP contribution in [0.15, 0.2) is 12.3 Å². The topological polar surface area (TPSA) is 9.23 Å². The van der Waals surface area contributed by atoms with Crippen LogP contribution in [0.25, 0.3) is 0 Å². The van der Waals surface area contributed by atoms with Crippen molar-refractivity contribution in [2.45, 2.75) is 71.6 Å². The van der Waals surface area contributed by atoms with Crippen molar-refractivity contribution in [3.05, 3.63) is 12.3 Å². The molecule has 90 valence electrons. The summed E-state index contributed by atoms with van der Waals surface area (Å²) in [5.74, 6) is 0. The first-order valence-corrected chi connectivity index (χ1v) is 8.39. The Balaban J connectivity index is 5.00. The molecule has 0 saturated heterocycles. The summed E-state index contributed by atoms with van der Waals surface area (Å²) in [6.45, 7) is 17.5. The van der Waals surface area contributed by atoms with E-state index in [4.69, 9.17) is 4.43 Å². The van der Waals surface area contributed by atoms with E-state index in [1.807, 2.05) is 0 Å². The number of rotatable bonds is 7. The maximum atomic E-state index is 6.31. The minimum atomic E-state index is -1.78. The van der Waals surface area contributed by atoms with E-state index < -0.39 is 8.32 Å². The highest BCUT2D eigenvalue weighted by Gasteiger charge is 2.42. The molecule has 0 radical (unpaired) electrons. The summed E-state index contributed by atoms with van der Waals surface area (Å²) in [6.07, 6.45) is 2.70. The Labute approximate surface area is 97.0 Å². The van der Waals surface area contributed by atoms with Gasteiger partial charge >= 0.3 is 0 Å². The molecular weight excluding hydrogens is 200 g/mol. The zero-order valence-electron chi connectivity index (χ0n) is 11.3. The Kier molecular flexibility index (Phi) is 6.45. The van der Waals surface area contributed by atoms with Crippen molar-refractivity contribution in [2.24, 2.45) is 0 Å². The molecule has 0 N–H and O–H groups in total. The van der Waals surface area contributed by atoms with Gasteiger partial charge in [-0.25, -0.2) is 0 Å². The van der Waals surface area contributed by atoms with Crippen LogP contribution in [-0.4, -0.2) is 14.4 Å². The third-order valence-corrected chi connectivity index (χ3v) is 8.94. The second-order valence-electron chi connectivity index (χ2n) is 4.84. The predicted octanol–water partition coefficient (Wildman–Crippen LogP) is 4.68. The van der Waals surface area contributed by atoms with Gasteiger partial charge in [0, 0.05) is 6.10 Å². The average molecular weight is 228 g/mol. The lowest BCUT2D eigenvalue weighted by atomic mass is 10.3. The summed E-state index contributed by atoms with van der Waals surface area (Å²) >= 11 is 0. The lowest BCUT2D eigenvalue weighted by molar-refractivity contribution is 0.218. The lowest BCUT2D eigenvalue weighted by Gasteiger charge is -2.39. The second kappa shape index (κ2) is 6.49. The predicted molar refractivity (Wildman–Crippen MR) is 71.6 cm³/mol. The first kappa shape index (κ1) is 14.9. The third kappa shape index (κ3) is 3.46. The molecule has 2 heteroatoms. The molecule has 0 heterocycles. The SMILES string of the molecule is C=C[Si](OC(C)C)(C(C)CC)C(C)CC. The Bertz CT molecular complexity index is 179. The fraction of sp³-hybridized carbons (Fsp3) is 0.846. The smallest absolute Gasteiger partial charge is 0.222 e. The van der Waals surface area contributed by atoms with Crippen LogP contribution in [0, 0.1) is 0 Å². The summed E-state index contributed by atoms with van der Waals surface area (Å²) in [6, 6.07) is 0. The van der Waals surface area contributed by atoms with Crippen LogP contribution >= 0.6 is 0 Å². The molecule has 0 aliphatic rings. The van der Waals surface area contributed by atoms with Crippen molar-refractivity contribution in [2.75, 3.05) is 0 Å². The maximum Gasteiger partial charge on any atom is 0.222 e. The van der Waals surface area contributed by atoms with Gasteiger partial charge in [0.25, 0.3) is 0 Å². The zero-order valence-corrected chi connectivity index (χ0v) is 12.3. The average Bonchev–Trinajstić information content (AvgIpc) is 2.23. The zero-order chi connectivity index (χ0) is 12.1. The second-order valence-corrected chi connectivity index (χ2v) is 9.17. The molecule has 2 unspecified atom stereocenters. The van der Waals surface area contributed by atoms with Crippen LogP contribution in [0.2, 0.25) is 11.1 Å². The van der Waals surface area contributed by atoms with Crippen LogP contribution < -0.4 is 0 Å². The minimum absolute atomic E-state index is 0.317. The van der Waals surface area contributed by atoms with Gasteiger partial charge in [0.05, 0.1) is 0 Å². The summed E-state index contributed by atoms with van der Waals surface area (Å²) in [5.41, 5.74) is 3.48. The van der Waals surface area contributed by atoms with Crippen molar-refractivity contribution in [1.29, 1.82) is 0 Å². The maximum absolute atomic E-state index is 6.31. The molecule has 0 fully saturated rings. The molecule has 0 amide bonds.